The number of likely N-dealkylation sites (N-methyl/N-ethyl adjacent to an activating group) is 1. The molecule has 4 rings (SSSR count). The van der Waals surface area contributed by atoms with Crippen LogP contribution in [0.3, 0.4) is 0 Å². The molecule has 7 heteroatoms. The SMILES string of the molecule is CN1CCN(c2ccc(/C=N/Nc3ccc(-c4cnco4)cc3)cn2)CC1. The van der Waals surface area contributed by atoms with Gasteiger partial charge in [-0.2, -0.15) is 5.10 Å². The lowest BCUT2D eigenvalue weighted by Gasteiger charge is -2.33. The van der Waals surface area contributed by atoms with E-state index in [1.165, 1.54) is 6.39 Å². The van der Waals surface area contributed by atoms with Gasteiger partial charge in [-0.3, -0.25) is 5.43 Å². The van der Waals surface area contributed by atoms with Gasteiger partial charge in [0.2, 0.25) is 0 Å². The molecule has 7 nitrogen and oxygen atoms in total. The summed E-state index contributed by atoms with van der Waals surface area (Å²) in [6.07, 6.45) is 6.74. The van der Waals surface area contributed by atoms with E-state index in [9.17, 15) is 0 Å². The quantitative estimate of drug-likeness (QED) is 0.556. The Kier molecular flexibility index (Phi) is 5.11. The third-order valence-corrected chi connectivity index (χ3v) is 4.61. The summed E-state index contributed by atoms with van der Waals surface area (Å²) in [6, 6.07) is 11.9. The number of anilines is 2. The number of hydrogen-bond donors (Lipinski definition) is 1. The van der Waals surface area contributed by atoms with Crippen molar-refractivity contribution < 1.29 is 4.42 Å². The smallest absolute Gasteiger partial charge is 0.181 e. The van der Waals surface area contributed by atoms with Crippen LogP contribution >= 0.6 is 0 Å². The van der Waals surface area contributed by atoms with Gasteiger partial charge in [0, 0.05) is 43.5 Å². The summed E-state index contributed by atoms with van der Waals surface area (Å²) in [4.78, 5) is 13.1. The number of aromatic nitrogens is 2. The van der Waals surface area contributed by atoms with Crippen molar-refractivity contribution >= 4 is 17.7 Å². The van der Waals surface area contributed by atoms with E-state index < -0.39 is 0 Å². The lowest BCUT2D eigenvalue weighted by molar-refractivity contribution is 0.312. The zero-order valence-corrected chi connectivity index (χ0v) is 15.2. The molecule has 0 spiro atoms. The first-order chi connectivity index (χ1) is 13.3. The van der Waals surface area contributed by atoms with Crippen molar-refractivity contribution in [3.8, 4) is 11.3 Å². The standard InChI is InChI=1S/C20H22N6O/c1-25-8-10-26(11-9-25)20-7-2-16(12-22-20)13-23-24-18-5-3-17(4-6-18)19-14-21-15-27-19/h2-7,12-15,24H,8-11H2,1H3/b23-13+. The highest BCUT2D eigenvalue weighted by atomic mass is 16.3. The number of piperazine rings is 1. The lowest BCUT2D eigenvalue weighted by Crippen LogP contribution is -2.44. The summed E-state index contributed by atoms with van der Waals surface area (Å²) >= 11 is 0. The highest BCUT2D eigenvalue weighted by Crippen LogP contribution is 2.20. The molecule has 0 bridgehead atoms. The number of benzene rings is 1. The monoisotopic (exact) mass is 362 g/mol. The Morgan fingerprint density at radius 2 is 1.85 bits per heavy atom. The van der Waals surface area contributed by atoms with E-state index in [-0.39, 0.29) is 0 Å². The molecule has 27 heavy (non-hydrogen) atoms. The molecule has 1 aromatic carbocycles. The Bertz CT molecular complexity index is 866. The van der Waals surface area contributed by atoms with Crippen molar-refractivity contribution in [3.05, 3.63) is 60.7 Å². The molecule has 0 atom stereocenters. The van der Waals surface area contributed by atoms with Crippen molar-refractivity contribution in [2.24, 2.45) is 5.10 Å². The van der Waals surface area contributed by atoms with E-state index in [4.69, 9.17) is 4.42 Å². The second-order valence-electron chi connectivity index (χ2n) is 6.55. The Hall–Kier alpha value is -3.19. The number of rotatable bonds is 5. The van der Waals surface area contributed by atoms with Crippen molar-refractivity contribution in [1.29, 1.82) is 0 Å². The van der Waals surface area contributed by atoms with Crippen LogP contribution in [0.4, 0.5) is 11.5 Å². The maximum Gasteiger partial charge on any atom is 0.181 e. The van der Waals surface area contributed by atoms with Gasteiger partial charge >= 0.3 is 0 Å². The van der Waals surface area contributed by atoms with Gasteiger partial charge in [-0.1, -0.05) is 0 Å². The highest BCUT2D eigenvalue weighted by molar-refractivity contribution is 5.80. The molecule has 0 saturated carbocycles. The first-order valence-corrected chi connectivity index (χ1v) is 8.95. The largest absolute Gasteiger partial charge is 0.444 e. The molecule has 0 amide bonds. The maximum atomic E-state index is 5.28. The minimum Gasteiger partial charge on any atom is -0.444 e. The Morgan fingerprint density at radius 1 is 1.04 bits per heavy atom. The van der Waals surface area contributed by atoms with Gasteiger partial charge in [-0.25, -0.2) is 9.97 Å². The van der Waals surface area contributed by atoms with Crippen LogP contribution in [0.25, 0.3) is 11.3 Å². The molecule has 3 aromatic rings. The van der Waals surface area contributed by atoms with Crippen LogP contribution in [0.1, 0.15) is 5.56 Å². The number of hydrazone groups is 1. The van der Waals surface area contributed by atoms with Crippen LogP contribution in [-0.2, 0) is 0 Å². The first-order valence-electron chi connectivity index (χ1n) is 8.95. The number of pyridine rings is 1. The minimum atomic E-state index is 0.747. The predicted molar refractivity (Wildman–Crippen MR) is 107 cm³/mol. The van der Waals surface area contributed by atoms with Gasteiger partial charge in [0.25, 0.3) is 0 Å². The zero-order valence-electron chi connectivity index (χ0n) is 15.2. The third kappa shape index (κ3) is 4.32. The second-order valence-corrected chi connectivity index (χ2v) is 6.55. The number of hydrogen-bond acceptors (Lipinski definition) is 7. The Balaban J connectivity index is 1.33. The van der Waals surface area contributed by atoms with Crippen molar-refractivity contribution in [2.45, 2.75) is 0 Å². The fourth-order valence-corrected chi connectivity index (χ4v) is 2.95. The molecule has 1 N–H and O–H groups in total. The van der Waals surface area contributed by atoms with Gasteiger partial charge in [0.05, 0.1) is 18.1 Å². The topological polar surface area (TPSA) is 69.8 Å². The molecule has 1 fully saturated rings. The van der Waals surface area contributed by atoms with Crippen LogP contribution in [-0.4, -0.2) is 54.3 Å². The molecular formula is C20H22N6O. The van der Waals surface area contributed by atoms with Crippen molar-refractivity contribution in [1.82, 2.24) is 14.9 Å². The van der Waals surface area contributed by atoms with Crippen LogP contribution in [0.2, 0.25) is 0 Å². The fraction of sp³-hybridized carbons (Fsp3) is 0.250. The van der Waals surface area contributed by atoms with E-state index in [0.29, 0.717) is 0 Å². The molecule has 3 heterocycles. The maximum absolute atomic E-state index is 5.28. The summed E-state index contributed by atoms with van der Waals surface area (Å²) in [7, 11) is 2.15. The van der Waals surface area contributed by atoms with Crippen LogP contribution in [0.15, 0.2) is 64.7 Å². The Morgan fingerprint density at radius 3 is 2.52 bits per heavy atom. The Labute approximate surface area is 158 Å². The average Bonchev–Trinajstić information content (AvgIpc) is 3.25. The molecule has 138 valence electrons. The first kappa shape index (κ1) is 17.2. The van der Waals surface area contributed by atoms with Crippen molar-refractivity contribution in [3.63, 3.8) is 0 Å². The lowest BCUT2D eigenvalue weighted by atomic mass is 10.2. The van der Waals surface area contributed by atoms with Gasteiger partial charge in [0.1, 0.15) is 5.82 Å². The molecule has 1 saturated heterocycles. The van der Waals surface area contributed by atoms with E-state index in [2.05, 4.69) is 43.4 Å². The van der Waals surface area contributed by atoms with E-state index in [1.807, 2.05) is 36.5 Å². The zero-order chi connectivity index (χ0) is 18.5. The molecule has 2 aromatic heterocycles. The molecule has 0 aliphatic carbocycles. The molecule has 0 radical (unpaired) electrons. The van der Waals surface area contributed by atoms with Gasteiger partial charge in [0.15, 0.2) is 12.2 Å². The molecule has 1 aliphatic rings. The summed E-state index contributed by atoms with van der Waals surface area (Å²) in [5, 5.41) is 4.29. The third-order valence-electron chi connectivity index (χ3n) is 4.61. The molecule has 1 aliphatic heterocycles. The van der Waals surface area contributed by atoms with Gasteiger partial charge in [-0.15, -0.1) is 0 Å². The average molecular weight is 362 g/mol. The van der Waals surface area contributed by atoms with Crippen LogP contribution in [0, 0.1) is 0 Å². The fourth-order valence-electron chi connectivity index (χ4n) is 2.95. The normalized spacial score (nSPS) is 15.4. The van der Waals surface area contributed by atoms with Gasteiger partial charge in [-0.05, 0) is 43.4 Å². The van der Waals surface area contributed by atoms with E-state index in [0.717, 1.165) is 54.6 Å². The number of nitrogens with one attached hydrogen (secondary N) is 1. The summed E-state index contributed by atoms with van der Waals surface area (Å²) < 4.78 is 5.28. The minimum absolute atomic E-state index is 0.747. The van der Waals surface area contributed by atoms with Crippen molar-refractivity contribution in [2.75, 3.05) is 43.6 Å². The summed E-state index contributed by atoms with van der Waals surface area (Å²) in [5.41, 5.74) is 5.86. The summed E-state index contributed by atoms with van der Waals surface area (Å²) in [6.45, 7) is 4.18. The summed E-state index contributed by atoms with van der Waals surface area (Å²) in [5.74, 6) is 1.77. The number of oxazole rings is 1. The van der Waals surface area contributed by atoms with Gasteiger partial charge < -0.3 is 14.2 Å². The van der Waals surface area contributed by atoms with E-state index >= 15 is 0 Å². The number of nitrogens with zero attached hydrogens (tertiary/aromatic N) is 5. The van der Waals surface area contributed by atoms with Crippen LogP contribution in [0.5, 0.6) is 0 Å². The predicted octanol–water partition coefficient (Wildman–Crippen LogP) is 2.93. The second kappa shape index (κ2) is 8.01. The van der Waals surface area contributed by atoms with E-state index in [1.54, 1.807) is 12.4 Å². The highest BCUT2D eigenvalue weighted by Gasteiger charge is 2.14. The molecular weight excluding hydrogens is 340 g/mol. The van der Waals surface area contributed by atoms with Crippen LogP contribution < -0.4 is 10.3 Å². The molecule has 0 unspecified atom stereocenters.